The summed E-state index contributed by atoms with van der Waals surface area (Å²) in [5, 5.41) is 11.5. The van der Waals surface area contributed by atoms with Gasteiger partial charge in [0.15, 0.2) is 0 Å². The molecule has 0 aromatic carbocycles. The Hall–Kier alpha value is 1.21. The van der Waals surface area contributed by atoms with Crippen LogP contribution in [0.2, 0.25) is 0 Å². The van der Waals surface area contributed by atoms with Gasteiger partial charge in [0.2, 0.25) is 0 Å². The summed E-state index contributed by atoms with van der Waals surface area (Å²) in [5.74, 6) is 0. The Kier molecular flexibility index (Phi) is 8.95. The third kappa shape index (κ3) is 4.71. The van der Waals surface area contributed by atoms with Crippen LogP contribution in [0.3, 0.4) is 0 Å². The van der Waals surface area contributed by atoms with E-state index in [9.17, 15) is 5.11 Å². The van der Waals surface area contributed by atoms with Crippen molar-refractivity contribution >= 4 is 23.1 Å². The smallest absolute Gasteiger partial charge is 1.00 e. The third-order valence-electron chi connectivity index (χ3n) is 2.22. The summed E-state index contributed by atoms with van der Waals surface area (Å²) in [4.78, 5) is 0. The van der Waals surface area contributed by atoms with Gasteiger partial charge in [-0.15, -0.1) is 5.60 Å². The predicted octanol–water partition coefficient (Wildman–Crippen LogP) is -1.92. The van der Waals surface area contributed by atoms with Gasteiger partial charge in [-0.2, -0.15) is 0 Å². The van der Waals surface area contributed by atoms with Crippen molar-refractivity contribution in [2.45, 2.75) is 51.0 Å². The zero-order chi connectivity index (χ0) is 6.74. The number of hydrogen-bond acceptors (Lipinski definition) is 1. The Morgan fingerprint density at radius 1 is 1.27 bits per heavy atom. The van der Waals surface area contributed by atoms with E-state index >= 15 is 0 Å². The van der Waals surface area contributed by atoms with Gasteiger partial charge in [-0.05, 0) is 0 Å². The van der Waals surface area contributed by atoms with Gasteiger partial charge in [-0.25, -0.2) is 0 Å². The van der Waals surface area contributed by atoms with Crippen molar-refractivity contribution in [3.63, 3.8) is 0 Å². The molecular weight excluding hydrogens is 216 g/mol. The second-order valence-electron chi connectivity index (χ2n) is 3.14. The largest absolute Gasteiger partial charge is 2.00 e. The fraction of sp³-hybridized carbons (Fsp3) is 1.00. The van der Waals surface area contributed by atoms with Crippen LogP contribution in [0, 0.1) is 0 Å². The summed E-state index contributed by atoms with van der Waals surface area (Å²) in [5.41, 5.74) is -0.505. The molecule has 1 nitrogen and oxygen atoms in total. The molecule has 0 atom stereocenters. The van der Waals surface area contributed by atoms with Crippen molar-refractivity contribution in [2.24, 2.45) is 0 Å². The summed E-state index contributed by atoms with van der Waals surface area (Å²) >= 11 is 0. The van der Waals surface area contributed by atoms with E-state index in [1.165, 1.54) is 12.8 Å². The fourth-order valence-corrected chi connectivity index (χ4v) is 1.72. The van der Waals surface area contributed by atoms with Gasteiger partial charge in [0.25, 0.3) is 0 Å². The standard InChI is InChI=1S/C8H15O.BrH.Mg/c1-2-5-8(9)6-3-4-7-8;;/h2-7H2,1H3;1H;/q-1;;+2/p-1. The molecule has 0 aliphatic heterocycles. The number of hydrogen-bond donors (Lipinski definition) is 0. The summed E-state index contributed by atoms with van der Waals surface area (Å²) in [6.07, 6.45) is 6.16. The first-order valence-electron chi connectivity index (χ1n) is 3.97. The summed E-state index contributed by atoms with van der Waals surface area (Å²) in [6.45, 7) is 2.10. The Labute approximate surface area is 95.9 Å². The first-order chi connectivity index (χ1) is 4.27. The van der Waals surface area contributed by atoms with Crippen molar-refractivity contribution in [1.29, 1.82) is 0 Å². The molecule has 0 aromatic heterocycles. The fourth-order valence-electron chi connectivity index (χ4n) is 1.72. The minimum absolute atomic E-state index is 0. The normalized spacial score (nSPS) is 20.2. The molecule has 0 bridgehead atoms. The van der Waals surface area contributed by atoms with Crippen molar-refractivity contribution in [3.05, 3.63) is 0 Å². The van der Waals surface area contributed by atoms with Gasteiger partial charge in [0, 0.05) is 0 Å². The summed E-state index contributed by atoms with van der Waals surface area (Å²) < 4.78 is 0. The van der Waals surface area contributed by atoms with Crippen LogP contribution in [0.25, 0.3) is 0 Å². The first-order valence-corrected chi connectivity index (χ1v) is 3.97. The molecule has 0 amide bonds. The maximum atomic E-state index is 11.5. The molecular formula is C8H15BrMgO. The minimum atomic E-state index is -0.505. The maximum absolute atomic E-state index is 11.5. The second kappa shape index (κ2) is 6.69. The number of halogens is 1. The van der Waals surface area contributed by atoms with E-state index in [-0.39, 0.29) is 40.0 Å². The van der Waals surface area contributed by atoms with Gasteiger partial charge < -0.3 is 22.1 Å². The monoisotopic (exact) mass is 230 g/mol. The van der Waals surface area contributed by atoms with Crippen LogP contribution in [-0.4, -0.2) is 28.7 Å². The van der Waals surface area contributed by atoms with E-state index < -0.39 is 5.60 Å². The van der Waals surface area contributed by atoms with E-state index in [4.69, 9.17) is 0 Å². The van der Waals surface area contributed by atoms with Gasteiger partial charge in [-0.1, -0.05) is 45.4 Å². The molecule has 0 N–H and O–H groups in total. The molecule has 0 saturated heterocycles. The van der Waals surface area contributed by atoms with Crippen LogP contribution in [0.4, 0.5) is 0 Å². The quantitative estimate of drug-likeness (QED) is 0.508. The summed E-state index contributed by atoms with van der Waals surface area (Å²) in [7, 11) is 0. The van der Waals surface area contributed by atoms with E-state index in [0.29, 0.717) is 0 Å². The molecule has 1 aliphatic rings. The molecule has 62 valence electrons. The summed E-state index contributed by atoms with van der Waals surface area (Å²) in [6, 6.07) is 0. The molecule has 1 fully saturated rings. The van der Waals surface area contributed by atoms with Crippen LogP contribution in [0.15, 0.2) is 0 Å². The molecule has 0 radical (unpaired) electrons. The van der Waals surface area contributed by atoms with Crippen LogP contribution >= 0.6 is 0 Å². The Morgan fingerprint density at radius 3 is 2.09 bits per heavy atom. The van der Waals surface area contributed by atoms with E-state index in [0.717, 1.165) is 25.7 Å². The molecule has 0 unspecified atom stereocenters. The molecule has 3 heteroatoms. The van der Waals surface area contributed by atoms with E-state index in [2.05, 4.69) is 6.92 Å². The van der Waals surface area contributed by atoms with E-state index in [1.54, 1.807) is 0 Å². The molecule has 0 heterocycles. The maximum Gasteiger partial charge on any atom is 2.00 e. The Morgan fingerprint density at radius 2 is 1.73 bits per heavy atom. The average molecular weight is 231 g/mol. The zero-order valence-corrected chi connectivity index (χ0v) is 10.2. The van der Waals surface area contributed by atoms with Gasteiger partial charge in [-0.3, -0.25) is 0 Å². The predicted molar refractivity (Wildman–Crippen MR) is 41.9 cm³/mol. The Bertz CT molecular complexity index is 92.1. The second-order valence-corrected chi connectivity index (χ2v) is 3.14. The number of rotatable bonds is 2. The molecule has 1 aliphatic carbocycles. The van der Waals surface area contributed by atoms with Gasteiger partial charge in [0.1, 0.15) is 0 Å². The van der Waals surface area contributed by atoms with Crippen molar-refractivity contribution in [1.82, 2.24) is 0 Å². The van der Waals surface area contributed by atoms with Crippen LogP contribution < -0.4 is 22.1 Å². The molecule has 0 aromatic rings. The van der Waals surface area contributed by atoms with Crippen molar-refractivity contribution < 1.29 is 22.1 Å². The van der Waals surface area contributed by atoms with Crippen LogP contribution in [0.1, 0.15) is 45.4 Å². The zero-order valence-electron chi connectivity index (χ0n) is 7.24. The van der Waals surface area contributed by atoms with E-state index in [1.807, 2.05) is 0 Å². The van der Waals surface area contributed by atoms with Gasteiger partial charge >= 0.3 is 23.1 Å². The molecule has 11 heavy (non-hydrogen) atoms. The first kappa shape index (κ1) is 14.7. The Balaban J connectivity index is 0. The minimum Gasteiger partial charge on any atom is -1.00 e. The topological polar surface area (TPSA) is 23.1 Å². The molecule has 0 spiro atoms. The SMILES string of the molecule is CCCC1([O-])CCCC1.[Br-].[Mg+2]. The molecule has 1 saturated carbocycles. The van der Waals surface area contributed by atoms with Gasteiger partial charge in [0.05, 0.1) is 0 Å². The average Bonchev–Trinajstić information content (AvgIpc) is 2.16. The van der Waals surface area contributed by atoms with Crippen molar-refractivity contribution in [3.8, 4) is 0 Å². The van der Waals surface area contributed by atoms with Crippen molar-refractivity contribution in [2.75, 3.05) is 0 Å². The third-order valence-corrected chi connectivity index (χ3v) is 2.22. The molecule has 1 rings (SSSR count). The van der Waals surface area contributed by atoms with Crippen LogP contribution in [0.5, 0.6) is 0 Å². The van der Waals surface area contributed by atoms with Crippen LogP contribution in [-0.2, 0) is 0 Å².